The van der Waals surface area contributed by atoms with E-state index in [0.717, 1.165) is 15.5 Å². The summed E-state index contributed by atoms with van der Waals surface area (Å²) in [5, 5.41) is 27.8. The zero-order chi connectivity index (χ0) is 24.0. The van der Waals surface area contributed by atoms with Gasteiger partial charge < -0.3 is 26.6 Å². The van der Waals surface area contributed by atoms with E-state index in [1.54, 1.807) is 35.8 Å². The van der Waals surface area contributed by atoms with E-state index < -0.39 is 11.9 Å². The molecule has 1 atom stereocenters. The van der Waals surface area contributed by atoms with Crippen LogP contribution in [0.25, 0.3) is 0 Å². The van der Waals surface area contributed by atoms with Gasteiger partial charge in [-0.25, -0.2) is 4.98 Å². The van der Waals surface area contributed by atoms with Crippen molar-refractivity contribution in [1.29, 1.82) is 0 Å². The molecule has 2 aromatic rings. The Morgan fingerprint density at radius 1 is 1.44 bits per heavy atom. The van der Waals surface area contributed by atoms with Gasteiger partial charge in [0.05, 0.1) is 29.7 Å². The van der Waals surface area contributed by atoms with Crippen molar-refractivity contribution in [2.24, 2.45) is 10.9 Å². The molecule has 5 N–H and O–H groups in total. The topological polar surface area (TPSA) is 201 Å². The van der Waals surface area contributed by atoms with Crippen LogP contribution in [0.5, 0.6) is 0 Å². The first-order chi connectivity index (χ1) is 15.8. The van der Waals surface area contributed by atoms with Crippen LogP contribution < -0.4 is 46.1 Å². The third-order valence-corrected chi connectivity index (χ3v) is 7.86. The summed E-state index contributed by atoms with van der Waals surface area (Å²) in [4.78, 5) is 38.5. The van der Waals surface area contributed by atoms with E-state index >= 15 is 0 Å². The van der Waals surface area contributed by atoms with Crippen molar-refractivity contribution in [1.82, 2.24) is 19.5 Å². The molecule has 0 spiro atoms. The number of nitrogens with zero attached hydrogens (tertiary/aromatic N) is 5. The number of carbonyl (C=O) groups is 3. The van der Waals surface area contributed by atoms with E-state index in [9.17, 15) is 19.5 Å². The minimum atomic E-state index is -1.28. The number of thiazole rings is 1. The maximum absolute atomic E-state index is 11.6. The third kappa shape index (κ3) is 7.03. The number of aliphatic carboxylic acids is 1. The first-order valence-electron chi connectivity index (χ1n) is 8.99. The monoisotopic (exact) mass is 549 g/mol. The molecule has 0 radical (unpaired) electrons. The number of β-lactam (4-membered cyclic amide) rings is 1. The molecular weight excluding hydrogens is 533 g/mol. The van der Waals surface area contributed by atoms with Crippen LogP contribution in [0.3, 0.4) is 0 Å². The number of allylic oxidation sites excluding steroid dienone is 1. The summed E-state index contributed by atoms with van der Waals surface area (Å²) in [6, 6.07) is 0. The van der Waals surface area contributed by atoms with Crippen LogP contribution in [0.4, 0.5) is 5.13 Å². The number of nitrogens with two attached hydrogens (primary N) is 2. The largest absolute Gasteiger partial charge is 1.00 e. The van der Waals surface area contributed by atoms with Crippen molar-refractivity contribution in [3.05, 3.63) is 40.7 Å². The van der Waals surface area contributed by atoms with Crippen molar-refractivity contribution < 1.29 is 54.3 Å². The van der Waals surface area contributed by atoms with E-state index in [0.29, 0.717) is 23.5 Å². The molecule has 174 valence electrons. The van der Waals surface area contributed by atoms with Gasteiger partial charge in [-0.15, -0.1) is 40.0 Å². The zero-order valence-electron chi connectivity index (χ0n) is 17.6. The Balaban J connectivity index is 0.000000270. The molecule has 0 saturated carbocycles. The third-order valence-electron chi connectivity index (χ3n) is 4.16. The zero-order valence-corrected chi connectivity index (χ0v) is 22.9. The fourth-order valence-electron chi connectivity index (χ4n) is 2.72. The van der Waals surface area contributed by atoms with Crippen LogP contribution in [0.1, 0.15) is 12.1 Å². The van der Waals surface area contributed by atoms with Gasteiger partial charge in [-0.2, -0.15) is 0 Å². The van der Waals surface area contributed by atoms with Gasteiger partial charge in [0.25, 0.3) is 5.91 Å². The Kier molecular flexibility index (Phi) is 11.0. The molecule has 2 aliphatic heterocycles. The number of hydrogen-bond acceptors (Lipinski definition) is 14. The Labute approximate surface area is 232 Å². The molecule has 17 heteroatoms. The average molecular weight is 550 g/mol. The maximum Gasteiger partial charge on any atom is 1.00 e. The Bertz CT molecular complexity index is 1140. The number of carboxylic acids is 1. The molecule has 12 nitrogen and oxygen atoms in total. The second-order valence-electron chi connectivity index (χ2n) is 6.23. The molecule has 2 aromatic heterocycles. The van der Waals surface area contributed by atoms with Crippen LogP contribution in [0.2, 0.25) is 0 Å². The van der Waals surface area contributed by atoms with Crippen molar-refractivity contribution in [3.8, 4) is 0 Å². The van der Waals surface area contributed by atoms with Gasteiger partial charge in [-0.05, 0) is 17.1 Å². The molecule has 0 aliphatic carbocycles. The summed E-state index contributed by atoms with van der Waals surface area (Å²) in [5.41, 5.74) is 10.7. The number of primary amides is 1. The number of amides is 2. The number of carboxylic acid groups (broad SMARTS) is 1. The molecule has 0 bridgehead atoms. The van der Waals surface area contributed by atoms with Crippen LogP contribution in [-0.2, 0) is 14.4 Å². The Hall–Kier alpha value is -1.95. The minimum Gasteiger partial charge on any atom is -0.543 e. The SMILES string of the molecule is NC(=O)/C(=N\O)c1csc(N)n1.O=C([O-])C1=C(C=CCSc2cnns2)CS[C@H]2CC(=O)N12.[Na+]. The molecule has 4 rings (SSSR count). The van der Waals surface area contributed by atoms with E-state index in [-0.39, 0.29) is 63.1 Å². The van der Waals surface area contributed by atoms with Gasteiger partial charge in [-0.1, -0.05) is 21.8 Å². The Morgan fingerprint density at radius 3 is 2.74 bits per heavy atom. The first kappa shape index (κ1) is 28.3. The number of hydrogen-bond donors (Lipinski definition) is 3. The van der Waals surface area contributed by atoms with Gasteiger partial charge >= 0.3 is 29.6 Å². The molecule has 2 aliphatic rings. The van der Waals surface area contributed by atoms with Gasteiger partial charge in [-0.3, -0.25) is 14.5 Å². The fourth-order valence-corrected chi connectivity index (χ4v) is 5.77. The standard InChI is InChI=1S/C12H11N3O3S3.C5H6N4O2S.Na/c16-8-4-9-15(8)11(12(17)18)7(6-20-9)2-1-3-19-10-5-13-14-21-10;6-4(10)3(9-11)2-1-12-5(7)8-2;/h1-2,5,9H,3-4,6H2,(H,17,18);1,11H,(H2,6,10)(H2,7,8);/q;;+1/p-1/b;9-3-;/t9-;;/m0../s1. The molecule has 34 heavy (non-hydrogen) atoms. The predicted molar refractivity (Wildman–Crippen MR) is 124 cm³/mol. The smallest absolute Gasteiger partial charge is 0.543 e. The molecule has 4 heterocycles. The van der Waals surface area contributed by atoms with Crippen LogP contribution in [-0.4, -0.2) is 65.1 Å². The first-order valence-corrected chi connectivity index (χ1v) is 12.7. The van der Waals surface area contributed by atoms with Crippen molar-refractivity contribution in [2.45, 2.75) is 16.0 Å². The van der Waals surface area contributed by atoms with E-state index in [2.05, 4.69) is 19.7 Å². The number of oxime groups is 1. The van der Waals surface area contributed by atoms with E-state index in [4.69, 9.17) is 16.7 Å². The molecular formula is C17H16N7NaO5S4. The van der Waals surface area contributed by atoms with Gasteiger partial charge in [0.15, 0.2) is 10.8 Å². The number of thioether (sulfide) groups is 2. The summed E-state index contributed by atoms with van der Waals surface area (Å²) in [6.45, 7) is 0. The summed E-state index contributed by atoms with van der Waals surface area (Å²) in [5.74, 6) is -1.01. The summed E-state index contributed by atoms with van der Waals surface area (Å²) < 4.78 is 4.77. The van der Waals surface area contributed by atoms with Crippen LogP contribution in [0, 0.1) is 0 Å². The second kappa shape index (κ2) is 13.2. The number of rotatable bonds is 7. The predicted octanol–water partition coefficient (Wildman–Crippen LogP) is -3.11. The minimum absolute atomic E-state index is 0. The summed E-state index contributed by atoms with van der Waals surface area (Å²) in [7, 11) is 0. The van der Waals surface area contributed by atoms with E-state index in [1.165, 1.54) is 21.8 Å². The molecule has 1 fully saturated rings. The Morgan fingerprint density at radius 2 is 2.21 bits per heavy atom. The molecule has 1 saturated heterocycles. The van der Waals surface area contributed by atoms with Crippen LogP contribution in [0.15, 0.2) is 44.4 Å². The number of aromatic nitrogens is 3. The second-order valence-corrected chi connectivity index (χ2v) is 10.4. The quantitative estimate of drug-likeness (QED) is 0.0788. The van der Waals surface area contributed by atoms with E-state index in [1.807, 2.05) is 6.08 Å². The number of fused-ring (bicyclic) bond motifs is 1. The number of anilines is 1. The molecule has 0 aromatic carbocycles. The molecule has 2 amide bonds. The average Bonchev–Trinajstić information content (AvgIpc) is 3.43. The normalized spacial score (nSPS) is 17.4. The molecule has 0 unspecified atom stereocenters. The summed E-state index contributed by atoms with van der Waals surface area (Å²) in [6.07, 6.45) is 5.75. The number of nitrogen functional groups attached to an aromatic ring is 1. The van der Waals surface area contributed by atoms with Crippen molar-refractivity contribution in [3.63, 3.8) is 0 Å². The number of carbonyl (C=O) groups excluding carboxylic acids is 3. The maximum atomic E-state index is 11.6. The summed E-state index contributed by atoms with van der Waals surface area (Å²) >= 11 is 5.61. The van der Waals surface area contributed by atoms with Gasteiger partial charge in [0.1, 0.15) is 9.90 Å². The van der Waals surface area contributed by atoms with Crippen LogP contribution >= 0.6 is 46.4 Å². The van der Waals surface area contributed by atoms with Crippen molar-refractivity contribution >= 4 is 75.0 Å². The van der Waals surface area contributed by atoms with Gasteiger partial charge in [0.2, 0.25) is 5.91 Å². The fraction of sp³-hybridized carbons (Fsp3) is 0.235. The van der Waals surface area contributed by atoms with Crippen molar-refractivity contribution in [2.75, 3.05) is 17.2 Å². The van der Waals surface area contributed by atoms with Gasteiger partial charge in [0, 0.05) is 16.9 Å².